The van der Waals surface area contributed by atoms with Gasteiger partial charge in [-0.2, -0.15) is 0 Å². The van der Waals surface area contributed by atoms with Crippen LogP contribution in [0.25, 0.3) is 0 Å². The molecular formula is C13H16N4O3S. The van der Waals surface area contributed by atoms with Crippen molar-refractivity contribution in [3.63, 3.8) is 0 Å². The fourth-order valence-electron chi connectivity index (χ4n) is 1.91. The van der Waals surface area contributed by atoms with Crippen LogP contribution in [0.5, 0.6) is 0 Å². The van der Waals surface area contributed by atoms with Crippen LogP contribution in [0.4, 0.5) is 0 Å². The molecule has 0 aromatic carbocycles. The Balaban J connectivity index is 2.14. The maximum absolute atomic E-state index is 12.3. The second-order valence-electron chi connectivity index (χ2n) is 4.58. The van der Waals surface area contributed by atoms with Gasteiger partial charge in [0.05, 0.1) is 6.54 Å². The van der Waals surface area contributed by atoms with E-state index in [1.807, 2.05) is 0 Å². The number of pyridine rings is 1. The molecule has 1 atom stereocenters. The van der Waals surface area contributed by atoms with E-state index >= 15 is 0 Å². The van der Waals surface area contributed by atoms with Crippen LogP contribution in [0.2, 0.25) is 0 Å². The Morgan fingerprint density at radius 3 is 2.95 bits per heavy atom. The van der Waals surface area contributed by atoms with Crippen molar-refractivity contribution in [3.05, 3.63) is 24.0 Å². The lowest BCUT2D eigenvalue weighted by Crippen LogP contribution is -2.47. The van der Waals surface area contributed by atoms with E-state index in [2.05, 4.69) is 26.9 Å². The molecule has 1 unspecified atom stereocenters. The molecule has 1 saturated heterocycles. The van der Waals surface area contributed by atoms with E-state index in [0.29, 0.717) is 18.4 Å². The first-order valence-electron chi connectivity index (χ1n) is 6.44. The first-order valence-corrected chi connectivity index (χ1v) is 7.92. The highest BCUT2D eigenvalue weighted by Crippen LogP contribution is 2.12. The van der Waals surface area contributed by atoms with Gasteiger partial charge in [-0.15, -0.1) is 0 Å². The molecule has 0 spiro atoms. The Bertz CT molecular complexity index is 681. The third-order valence-electron chi connectivity index (χ3n) is 2.95. The summed E-state index contributed by atoms with van der Waals surface area (Å²) in [4.78, 5) is 15.0. The SMILES string of the molecule is NCC#Cc1cncc(S(=O)(=O)NC2CCC(=O)NC2)c1. The molecule has 1 aromatic rings. The Kier molecular flexibility index (Phi) is 4.90. The van der Waals surface area contributed by atoms with Gasteiger partial charge >= 0.3 is 0 Å². The summed E-state index contributed by atoms with van der Waals surface area (Å²) in [6, 6.07) is 1.13. The molecular weight excluding hydrogens is 292 g/mol. The number of hydrogen-bond acceptors (Lipinski definition) is 5. The molecule has 1 aromatic heterocycles. The number of sulfonamides is 1. The van der Waals surface area contributed by atoms with Gasteiger partial charge in [0.1, 0.15) is 4.90 Å². The van der Waals surface area contributed by atoms with Crippen molar-refractivity contribution in [2.45, 2.75) is 23.8 Å². The molecule has 2 heterocycles. The first kappa shape index (κ1) is 15.4. The van der Waals surface area contributed by atoms with E-state index in [0.717, 1.165) is 0 Å². The lowest BCUT2D eigenvalue weighted by atomic mass is 10.1. The number of aromatic nitrogens is 1. The molecule has 112 valence electrons. The molecule has 1 aliphatic rings. The molecule has 7 nitrogen and oxygen atoms in total. The zero-order valence-electron chi connectivity index (χ0n) is 11.3. The number of nitrogens with one attached hydrogen (secondary N) is 2. The summed E-state index contributed by atoms with van der Waals surface area (Å²) in [5.74, 6) is 5.32. The van der Waals surface area contributed by atoms with Crippen LogP contribution in [-0.2, 0) is 14.8 Å². The van der Waals surface area contributed by atoms with Gasteiger partial charge in [-0.1, -0.05) is 11.8 Å². The Morgan fingerprint density at radius 2 is 2.29 bits per heavy atom. The Morgan fingerprint density at radius 1 is 1.48 bits per heavy atom. The zero-order valence-corrected chi connectivity index (χ0v) is 12.1. The van der Waals surface area contributed by atoms with Crippen LogP contribution in [0, 0.1) is 11.8 Å². The van der Waals surface area contributed by atoms with Crippen LogP contribution in [-0.4, -0.2) is 38.4 Å². The van der Waals surface area contributed by atoms with Crippen LogP contribution >= 0.6 is 0 Å². The van der Waals surface area contributed by atoms with Crippen LogP contribution in [0.3, 0.4) is 0 Å². The van der Waals surface area contributed by atoms with Crippen molar-refractivity contribution in [1.82, 2.24) is 15.0 Å². The highest BCUT2D eigenvalue weighted by molar-refractivity contribution is 7.89. The summed E-state index contributed by atoms with van der Waals surface area (Å²) in [7, 11) is -3.69. The van der Waals surface area contributed by atoms with E-state index in [1.54, 1.807) is 0 Å². The van der Waals surface area contributed by atoms with E-state index in [-0.39, 0.29) is 29.9 Å². The number of rotatable bonds is 3. The fourth-order valence-corrected chi connectivity index (χ4v) is 3.17. The third-order valence-corrected chi connectivity index (χ3v) is 4.43. The van der Waals surface area contributed by atoms with Gasteiger partial charge in [-0.25, -0.2) is 13.1 Å². The minimum Gasteiger partial charge on any atom is -0.355 e. The van der Waals surface area contributed by atoms with Gasteiger partial charge < -0.3 is 11.1 Å². The molecule has 0 saturated carbocycles. The molecule has 0 bridgehead atoms. The normalized spacial score (nSPS) is 18.5. The minimum absolute atomic E-state index is 0.0446. The summed E-state index contributed by atoms with van der Waals surface area (Å²) in [5.41, 5.74) is 5.76. The van der Waals surface area contributed by atoms with E-state index in [1.165, 1.54) is 18.5 Å². The zero-order chi connectivity index (χ0) is 15.3. The maximum atomic E-state index is 12.3. The molecule has 2 rings (SSSR count). The molecule has 1 fully saturated rings. The smallest absolute Gasteiger partial charge is 0.242 e. The number of hydrogen-bond donors (Lipinski definition) is 3. The molecule has 1 aliphatic heterocycles. The highest BCUT2D eigenvalue weighted by atomic mass is 32.2. The fraction of sp³-hybridized carbons (Fsp3) is 0.385. The highest BCUT2D eigenvalue weighted by Gasteiger charge is 2.24. The van der Waals surface area contributed by atoms with E-state index in [9.17, 15) is 13.2 Å². The predicted octanol–water partition coefficient (Wildman–Crippen LogP) is -1.05. The summed E-state index contributed by atoms with van der Waals surface area (Å²) in [6.07, 6.45) is 3.53. The standard InChI is InChI=1S/C13H16N4O3S/c14-5-1-2-10-6-12(9-15-7-10)21(19,20)17-11-3-4-13(18)16-8-11/h6-7,9,11,17H,3-5,8,14H2,(H,16,18). The third kappa shape index (κ3) is 4.26. The summed E-state index contributed by atoms with van der Waals surface area (Å²) in [6.45, 7) is 0.481. The van der Waals surface area contributed by atoms with Crippen molar-refractivity contribution in [2.75, 3.05) is 13.1 Å². The van der Waals surface area contributed by atoms with Gasteiger partial charge in [0, 0.05) is 37.0 Å². The van der Waals surface area contributed by atoms with Crippen molar-refractivity contribution in [2.24, 2.45) is 5.73 Å². The van der Waals surface area contributed by atoms with Crippen molar-refractivity contribution < 1.29 is 13.2 Å². The van der Waals surface area contributed by atoms with Crippen LogP contribution < -0.4 is 15.8 Å². The van der Waals surface area contributed by atoms with Gasteiger partial charge in [-0.3, -0.25) is 9.78 Å². The molecule has 1 amide bonds. The number of carbonyl (C=O) groups is 1. The monoisotopic (exact) mass is 308 g/mol. The average Bonchev–Trinajstić information content (AvgIpc) is 2.48. The maximum Gasteiger partial charge on any atom is 0.242 e. The summed E-state index contributed by atoms with van der Waals surface area (Å²) in [5, 5.41) is 2.63. The van der Waals surface area contributed by atoms with Crippen molar-refractivity contribution >= 4 is 15.9 Å². The lowest BCUT2D eigenvalue weighted by molar-refractivity contribution is -0.122. The Hall–Kier alpha value is -1.95. The van der Waals surface area contributed by atoms with Crippen LogP contribution in [0.1, 0.15) is 18.4 Å². The number of nitrogens with two attached hydrogens (primary N) is 1. The molecule has 21 heavy (non-hydrogen) atoms. The molecule has 0 aliphatic carbocycles. The van der Waals surface area contributed by atoms with Gasteiger partial charge in [0.15, 0.2) is 0 Å². The number of piperidine rings is 1. The van der Waals surface area contributed by atoms with Gasteiger partial charge in [-0.05, 0) is 12.5 Å². The summed E-state index contributed by atoms with van der Waals surface area (Å²) < 4.78 is 27.1. The first-order chi connectivity index (χ1) is 10.0. The topological polar surface area (TPSA) is 114 Å². The second kappa shape index (κ2) is 6.67. The van der Waals surface area contributed by atoms with E-state index < -0.39 is 10.0 Å². The minimum atomic E-state index is -3.69. The number of nitrogens with zero attached hydrogens (tertiary/aromatic N) is 1. The van der Waals surface area contributed by atoms with Gasteiger partial charge in [0.2, 0.25) is 15.9 Å². The lowest BCUT2D eigenvalue weighted by Gasteiger charge is -2.23. The average molecular weight is 308 g/mol. The van der Waals surface area contributed by atoms with Gasteiger partial charge in [0.25, 0.3) is 0 Å². The summed E-state index contributed by atoms with van der Waals surface area (Å²) >= 11 is 0. The van der Waals surface area contributed by atoms with Crippen molar-refractivity contribution in [3.8, 4) is 11.8 Å². The molecule has 8 heteroatoms. The molecule has 0 radical (unpaired) electrons. The number of amides is 1. The predicted molar refractivity (Wildman–Crippen MR) is 76.5 cm³/mol. The molecule has 4 N–H and O–H groups in total. The largest absolute Gasteiger partial charge is 0.355 e. The quantitative estimate of drug-likeness (QED) is 0.616. The van der Waals surface area contributed by atoms with E-state index in [4.69, 9.17) is 5.73 Å². The Labute approximate surface area is 123 Å². The number of carbonyl (C=O) groups excluding carboxylic acids is 1. The second-order valence-corrected chi connectivity index (χ2v) is 6.29. The van der Waals surface area contributed by atoms with Crippen LogP contribution in [0.15, 0.2) is 23.4 Å². The van der Waals surface area contributed by atoms with Crippen molar-refractivity contribution in [1.29, 1.82) is 0 Å².